The first-order chi connectivity index (χ1) is 6.66. The summed E-state index contributed by atoms with van der Waals surface area (Å²) in [5.41, 5.74) is 1.24. The van der Waals surface area contributed by atoms with Gasteiger partial charge in [0.05, 0.1) is 5.69 Å². The van der Waals surface area contributed by atoms with Crippen molar-refractivity contribution < 1.29 is 0 Å². The Morgan fingerprint density at radius 3 is 2.86 bits per heavy atom. The average molecular weight is 259 g/mol. The van der Waals surface area contributed by atoms with Gasteiger partial charge in [-0.25, -0.2) is 0 Å². The normalized spacial score (nSPS) is 17.4. The molecule has 78 valence electrons. The second kappa shape index (κ2) is 4.00. The van der Waals surface area contributed by atoms with E-state index in [1.807, 2.05) is 11.7 Å². The number of nitrogens with zero attached hydrogens (tertiary/aromatic N) is 3. The van der Waals surface area contributed by atoms with Crippen molar-refractivity contribution in [1.82, 2.24) is 20.0 Å². The van der Waals surface area contributed by atoms with Gasteiger partial charge in [0, 0.05) is 32.7 Å². The highest BCUT2D eigenvalue weighted by molar-refractivity contribution is 9.10. The summed E-state index contributed by atoms with van der Waals surface area (Å²) in [5.74, 6) is 0. The highest BCUT2D eigenvalue weighted by Gasteiger charge is 2.22. The van der Waals surface area contributed by atoms with E-state index in [1.54, 1.807) is 0 Å². The minimum atomic E-state index is 0.684. The third-order valence-corrected chi connectivity index (χ3v) is 3.13. The first kappa shape index (κ1) is 10.1. The summed E-state index contributed by atoms with van der Waals surface area (Å²) in [6, 6.07) is 2.76. The number of halogens is 1. The fourth-order valence-electron chi connectivity index (χ4n) is 1.59. The van der Waals surface area contributed by atoms with Crippen molar-refractivity contribution in [2.75, 3.05) is 20.1 Å². The molecule has 1 aromatic heterocycles. The average Bonchev–Trinajstić information content (AvgIpc) is 2.26. The molecule has 0 aromatic carbocycles. The second-order valence-corrected chi connectivity index (χ2v) is 4.62. The summed E-state index contributed by atoms with van der Waals surface area (Å²) in [4.78, 5) is 2.36. The van der Waals surface area contributed by atoms with Crippen LogP contribution in [0.5, 0.6) is 0 Å². The van der Waals surface area contributed by atoms with Gasteiger partial charge in [-0.3, -0.25) is 9.58 Å². The Hall–Kier alpha value is -0.390. The third kappa shape index (κ3) is 1.99. The monoisotopic (exact) mass is 258 g/mol. The Labute approximate surface area is 92.4 Å². The van der Waals surface area contributed by atoms with E-state index in [4.69, 9.17) is 0 Å². The number of aryl methyl sites for hydroxylation is 1. The molecule has 0 unspecified atom stereocenters. The number of aromatic nitrogens is 2. The van der Waals surface area contributed by atoms with Crippen LogP contribution in [0, 0.1) is 0 Å². The lowest BCUT2D eigenvalue weighted by molar-refractivity contribution is 0.169. The molecule has 0 bridgehead atoms. The zero-order chi connectivity index (χ0) is 10.1. The molecule has 2 rings (SSSR count). The Balaban J connectivity index is 1.98. The molecule has 1 aliphatic rings. The van der Waals surface area contributed by atoms with Crippen molar-refractivity contribution in [2.45, 2.75) is 12.6 Å². The minimum absolute atomic E-state index is 0.684. The summed E-state index contributed by atoms with van der Waals surface area (Å²) in [7, 11) is 4.14. The molecular weight excluding hydrogens is 244 g/mol. The van der Waals surface area contributed by atoms with Gasteiger partial charge >= 0.3 is 0 Å². The number of hydrogen-bond acceptors (Lipinski definition) is 3. The van der Waals surface area contributed by atoms with Crippen LogP contribution in [-0.2, 0) is 13.6 Å². The van der Waals surface area contributed by atoms with E-state index in [-0.39, 0.29) is 0 Å². The summed E-state index contributed by atoms with van der Waals surface area (Å²) >= 11 is 3.38. The van der Waals surface area contributed by atoms with Gasteiger partial charge in [-0.2, -0.15) is 5.10 Å². The van der Waals surface area contributed by atoms with Crippen LogP contribution in [0.1, 0.15) is 5.69 Å². The van der Waals surface area contributed by atoms with Gasteiger partial charge in [-0.05, 0) is 29.0 Å². The Morgan fingerprint density at radius 1 is 1.71 bits per heavy atom. The lowest BCUT2D eigenvalue weighted by Crippen LogP contribution is -2.55. The second-order valence-electron chi connectivity index (χ2n) is 3.81. The number of nitrogens with one attached hydrogen (secondary N) is 1. The summed E-state index contributed by atoms with van der Waals surface area (Å²) in [6.45, 7) is 3.17. The van der Waals surface area contributed by atoms with Gasteiger partial charge in [-0.1, -0.05) is 0 Å². The fraction of sp³-hybridized carbons (Fsp3) is 0.667. The topological polar surface area (TPSA) is 33.1 Å². The van der Waals surface area contributed by atoms with E-state index >= 15 is 0 Å². The standard InChI is InChI=1S/C9H15BrN4/c1-13(8-4-11-5-8)6-7-3-9(10)12-14(7)2/h3,8,11H,4-6H2,1-2H3. The zero-order valence-electron chi connectivity index (χ0n) is 8.50. The van der Waals surface area contributed by atoms with E-state index in [9.17, 15) is 0 Å². The first-order valence-corrected chi connectivity index (χ1v) is 5.55. The van der Waals surface area contributed by atoms with Gasteiger partial charge in [0.15, 0.2) is 0 Å². The molecule has 0 saturated carbocycles. The maximum atomic E-state index is 4.26. The van der Waals surface area contributed by atoms with Gasteiger partial charge in [-0.15, -0.1) is 0 Å². The molecule has 1 aromatic rings. The Bertz CT molecular complexity index is 319. The van der Waals surface area contributed by atoms with Crippen LogP contribution < -0.4 is 5.32 Å². The molecule has 0 radical (unpaired) electrons. The quantitative estimate of drug-likeness (QED) is 0.862. The summed E-state index contributed by atoms with van der Waals surface area (Å²) < 4.78 is 2.84. The van der Waals surface area contributed by atoms with E-state index < -0.39 is 0 Å². The highest BCUT2D eigenvalue weighted by atomic mass is 79.9. The molecule has 0 amide bonds. The van der Waals surface area contributed by atoms with Gasteiger partial charge in [0.2, 0.25) is 0 Å². The van der Waals surface area contributed by atoms with Crippen molar-refractivity contribution >= 4 is 15.9 Å². The van der Waals surface area contributed by atoms with E-state index in [0.717, 1.165) is 24.2 Å². The van der Waals surface area contributed by atoms with Crippen LogP contribution in [0.4, 0.5) is 0 Å². The van der Waals surface area contributed by atoms with Crippen molar-refractivity contribution in [3.63, 3.8) is 0 Å². The largest absolute Gasteiger partial charge is 0.314 e. The van der Waals surface area contributed by atoms with Crippen LogP contribution in [0.2, 0.25) is 0 Å². The van der Waals surface area contributed by atoms with Crippen LogP contribution in [0.15, 0.2) is 10.7 Å². The number of rotatable bonds is 3. The highest BCUT2D eigenvalue weighted by Crippen LogP contribution is 2.13. The van der Waals surface area contributed by atoms with Gasteiger partial charge in [0.1, 0.15) is 4.60 Å². The molecule has 0 aliphatic carbocycles. The zero-order valence-corrected chi connectivity index (χ0v) is 10.1. The summed E-state index contributed by atoms with van der Waals surface area (Å²) in [5, 5.41) is 7.53. The van der Waals surface area contributed by atoms with Crippen molar-refractivity contribution in [1.29, 1.82) is 0 Å². The van der Waals surface area contributed by atoms with E-state index in [0.29, 0.717) is 6.04 Å². The molecule has 2 heterocycles. The van der Waals surface area contributed by atoms with Crippen molar-refractivity contribution in [3.05, 3.63) is 16.4 Å². The minimum Gasteiger partial charge on any atom is -0.314 e. The molecular formula is C9H15BrN4. The molecule has 4 nitrogen and oxygen atoms in total. The SMILES string of the molecule is CN(Cc1cc(Br)nn1C)C1CNC1. The molecule has 0 atom stereocenters. The molecule has 1 aliphatic heterocycles. The first-order valence-electron chi connectivity index (χ1n) is 4.76. The molecule has 1 saturated heterocycles. The lowest BCUT2D eigenvalue weighted by atomic mass is 10.1. The van der Waals surface area contributed by atoms with Gasteiger partial charge in [0.25, 0.3) is 0 Å². The van der Waals surface area contributed by atoms with Gasteiger partial charge < -0.3 is 5.32 Å². The number of likely N-dealkylation sites (N-methyl/N-ethyl adjacent to an activating group) is 1. The maximum Gasteiger partial charge on any atom is 0.128 e. The van der Waals surface area contributed by atoms with Crippen LogP contribution in [0.25, 0.3) is 0 Å². The smallest absolute Gasteiger partial charge is 0.128 e. The molecule has 0 spiro atoms. The Kier molecular flexibility index (Phi) is 2.90. The lowest BCUT2D eigenvalue weighted by Gasteiger charge is -2.35. The van der Waals surface area contributed by atoms with E-state index in [1.165, 1.54) is 5.69 Å². The maximum absolute atomic E-state index is 4.26. The molecule has 14 heavy (non-hydrogen) atoms. The van der Waals surface area contributed by atoms with Crippen molar-refractivity contribution in [2.24, 2.45) is 7.05 Å². The van der Waals surface area contributed by atoms with Crippen LogP contribution >= 0.6 is 15.9 Å². The predicted molar refractivity (Wildman–Crippen MR) is 59.0 cm³/mol. The fourth-order valence-corrected chi connectivity index (χ4v) is 2.09. The molecule has 5 heteroatoms. The number of hydrogen-bond donors (Lipinski definition) is 1. The molecule has 1 fully saturated rings. The molecule has 1 N–H and O–H groups in total. The Morgan fingerprint density at radius 2 is 2.43 bits per heavy atom. The van der Waals surface area contributed by atoms with E-state index in [2.05, 4.69) is 44.4 Å². The van der Waals surface area contributed by atoms with Crippen LogP contribution in [0.3, 0.4) is 0 Å². The summed E-state index contributed by atoms with van der Waals surface area (Å²) in [6.07, 6.45) is 0. The van der Waals surface area contributed by atoms with Crippen LogP contribution in [-0.4, -0.2) is 40.9 Å². The van der Waals surface area contributed by atoms with Crippen molar-refractivity contribution in [3.8, 4) is 0 Å². The third-order valence-electron chi connectivity index (χ3n) is 2.74. The predicted octanol–water partition coefficient (Wildman–Crippen LogP) is 0.586.